The maximum absolute atomic E-state index is 5.57. The van der Waals surface area contributed by atoms with Gasteiger partial charge < -0.3 is 15.2 Å². The maximum atomic E-state index is 5.57. The van der Waals surface area contributed by atoms with Crippen molar-refractivity contribution < 1.29 is 9.47 Å². The van der Waals surface area contributed by atoms with Gasteiger partial charge in [0.15, 0.2) is 0 Å². The van der Waals surface area contributed by atoms with E-state index in [1.54, 1.807) is 7.11 Å². The number of nitrogens with two attached hydrogens (primary N) is 1. The summed E-state index contributed by atoms with van der Waals surface area (Å²) in [7, 11) is 1.72. The summed E-state index contributed by atoms with van der Waals surface area (Å²) in [6.07, 6.45) is 3.45. The van der Waals surface area contributed by atoms with E-state index in [1.807, 2.05) is 0 Å². The van der Waals surface area contributed by atoms with E-state index in [9.17, 15) is 0 Å². The molecule has 0 spiro atoms. The zero-order chi connectivity index (χ0) is 12.1. The number of nitrogens with zero attached hydrogens (tertiary/aromatic N) is 1. The average Bonchev–Trinajstić information content (AvgIpc) is 2.30. The highest BCUT2D eigenvalue weighted by Crippen LogP contribution is 1.94. The van der Waals surface area contributed by atoms with Gasteiger partial charge in [-0.3, -0.25) is 4.90 Å². The Bertz CT molecular complexity index is 134. The topological polar surface area (TPSA) is 47.7 Å². The third-order valence-corrected chi connectivity index (χ3v) is 2.46. The van der Waals surface area contributed by atoms with Crippen LogP contribution in [-0.2, 0) is 9.47 Å². The van der Waals surface area contributed by atoms with Crippen molar-refractivity contribution in [3.63, 3.8) is 0 Å². The Labute approximate surface area is 100 Å². The van der Waals surface area contributed by atoms with Crippen LogP contribution in [0.5, 0.6) is 0 Å². The third kappa shape index (κ3) is 10.4. The first kappa shape index (κ1) is 15.8. The van der Waals surface area contributed by atoms with Crippen LogP contribution in [0, 0.1) is 0 Å². The Morgan fingerprint density at radius 1 is 1.00 bits per heavy atom. The van der Waals surface area contributed by atoms with Crippen molar-refractivity contribution >= 4 is 0 Å². The number of rotatable bonds is 12. The van der Waals surface area contributed by atoms with Crippen molar-refractivity contribution in [2.45, 2.75) is 26.2 Å². The summed E-state index contributed by atoms with van der Waals surface area (Å²) in [5.74, 6) is 0. The SMILES string of the molecule is CCCCN(CCN)CCOCCCOC. The molecule has 0 radical (unpaired) electrons. The molecule has 98 valence electrons. The summed E-state index contributed by atoms with van der Waals surface area (Å²) in [6, 6.07) is 0. The summed E-state index contributed by atoms with van der Waals surface area (Å²) in [6.45, 7) is 8.41. The number of methoxy groups -OCH3 is 1. The minimum Gasteiger partial charge on any atom is -0.385 e. The Balaban J connectivity index is 3.36. The fourth-order valence-corrected chi connectivity index (χ4v) is 1.50. The summed E-state index contributed by atoms with van der Waals surface area (Å²) in [5.41, 5.74) is 5.57. The van der Waals surface area contributed by atoms with Crippen LogP contribution < -0.4 is 5.73 Å². The molecule has 16 heavy (non-hydrogen) atoms. The summed E-state index contributed by atoms with van der Waals surface area (Å²) < 4.78 is 10.5. The van der Waals surface area contributed by atoms with E-state index in [1.165, 1.54) is 12.8 Å². The molecular formula is C12H28N2O2. The maximum Gasteiger partial charge on any atom is 0.0593 e. The molecule has 0 aromatic carbocycles. The molecule has 0 unspecified atom stereocenters. The first-order chi connectivity index (χ1) is 7.85. The molecular weight excluding hydrogens is 204 g/mol. The zero-order valence-electron chi connectivity index (χ0n) is 10.9. The van der Waals surface area contributed by atoms with Gasteiger partial charge in [0.1, 0.15) is 0 Å². The molecule has 0 aliphatic rings. The molecule has 2 N–H and O–H groups in total. The van der Waals surface area contributed by atoms with Crippen molar-refractivity contribution in [2.75, 3.05) is 53.1 Å². The van der Waals surface area contributed by atoms with Gasteiger partial charge in [-0.2, -0.15) is 0 Å². The molecule has 4 heteroatoms. The van der Waals surface area contributed by atoms with E-state index in [0.717, 1.165) is 52.4 Å². The highest BCUT2D eigenvalue weighted by Gasteiger charge is 2.02. The zero-order valence-corrected chi connectivity index (χ0v) is 10.9. The van der Waals surface area contributed by atoms with Crippen molar-refractivity contribution in [3.05, 3.63) is 0 Å². The monoisotopic (exact) mass is 232 g/mol. The van der Waals surface area contributed by atoms with E-state index in [2.05, 4.69) is 11.8 Å². The highest BCUT2D eigenvalue weighted by molar-refractivity contribution is 4.57. The van der Waals surface area contributed by atoms with Gasteiger partial charge in [-0.15, -0.1) is 0 Å². The van der Waals surface area contributed by atoms with Crippen LogP contribution in [0.4, 0.5) is 0 Å². The molecule has 0 heterocycles. The van der Waals surface area contributed by atoms with Crippen LogP contribution in [0.25, 0.3) is 0 Å². The fraction of sp³-hybridized carbons (Fsp3) is 1.00. The summed E-state index contributed by atoms with van der Waals surface area (Å²) in [4.78, 5) is 2.37. The van der Waals surface area contributed by atoms with Gasteiger partial charge >= 0.3 is 0 Å². The number of ether oxygens (including phenoxy) is 2. The lowest BCUT2D eigenvalue weighted by Crippen LogP contribution is -2.33. The van der Waals surface area contributed by atoms with Gasteiger partial charge in [-0.1, -0.05) is 13.3 Å². The van der Waals surface area contributed by atoms with Gasteiger partial charge in [0.2, 0.25) is 0 Å². The van der Waals surface area contributed by atoms with E-state index in [-0.39, 0.29) is 0 Å². The van der Waals surface area contributed by atoms with E-state index in [0.29, 0.717) is 0 Å². The van der Waals surface area contributed by atoms with Crippen LogP contribution >= 0.6 is 0 Å². The molecule has 0 atom stereocenters. The van der Waals surface area contributed by atoms with Gasteiger partial charge in [-0.25, -0.2) is 0 Å². The number of hydrogen-bond donors (Lipinski definition) is 1. The largest absolute Gasteiger partial charge is 0.385 e. The Kier molecular flexibility index (Phi) is 12.8. The fourth-order valence-electron chi connectivity index (χ4n) is 1.50. The Morgan fingerprint density at radius 2 is 1.81 bits per heavy atom. The second-order valence-electron chi connectivity index (χ2n) is 3.94. The van der Waals surface area contributed by atoms with Crippen LogP contribution in [0.15, 0.2) is 0 Å². The molecule has 0 amide bonds. The molecule has 0 aliphatic carbocycles. The number of unbranched alkanes of at least 4 members (excludes halogenated alkanes) is 1. The van der Waals surface area contributed by atoms with Crippen LogP contribution in [0.1, 0.15) is 26.2 Å². The quantitative estimate of drug-likeness (QED) is 0.512. The predicted molar refractivity (Wildman–Crippen MR) is 67.7 cm³/mol. The van der Waals surface area contributed by atoms with Gasteiger partial charge in [0.05, 0.1) is 6.61 Å². The van der Waals surface area contributed by atoms with Gasteiger partial charge in [0, 0.05) is 40.0 Å². The normalized spacial score (nSPS) is 11.2. The molecule has 0 aliphatic heterocycles. The van der Waals surface area contributed by atoms with E-state index < -0.39 is 0 Å². The molecule has 4 nitrogen and oxygen atoms in total. The second-order valence-corrected chi connectivity index (χ2v) is 3.94. The van der Waals surface area contributed by atoms with E-state index in [4.69, 9.17) is 15.2 Å². The Morgan fingerprint density at radius 3 is 2.44 bits per heavy atom. The third-order valence-electron chi connectivity index (χ3n) is 2.46. The molecule has 0 aromatic rings. The molecule has 0 fully saturated rings. The lowest BCUT2D eigenvalue weighted by molar-refractivity contribution is 0.0840. The lowest BCUT2D eigenvalue weighted by Gasteiger charge is -2.21. The highest BCUT2D eigenvalue weighted by atomic mass is 16.5. The second kappa shape index (κ2) is 12.9. The molecule has 0 saturated carbocycles. The molecule has 0 aromatic heterocycles. The smallest absolute Gasteiger partial charge is 0.0593 e. The molecule has 0 bridgehead atoms. The minimum atomic E-state index is 0.730. The summed E-state index contributed by atoms with van der Waals surface area (Å²) in [5, 5.41) is 0. The standard InChI is InChI=1S/C12H28N2O2/c1-3-4-7-14(8-6-13)9-12-16-11-5-10-15-2/h3-13H2,1-2H3. The van der Waals surface area contributed by atoms with Crippen molar-refractivity contribution in [2.24, 2.45) is 5.73 Å². The van der Waals surface area contributed by atoms with E-state index >= 15 is 0 Å². The van der Waals surface area contributed by atoms with Crippen LogP contribution in [-0.4, -0.2) is 58.0 Å². The summed E-state index contributed by atoms with van der Waals surface area (Å²) >= 11 is 0. The van der Waals surface area contributed by atoms with Gasteiger partial charge in [0.25, 0.3) is 0 Å². The molecule has 0 saturated heterocycles. The average molecular weight is 232 g/mol. The first-order valence-electron chi connectivity index (χ1n) is 6.34. The van der Waals surface area contributed by atoms with Gasteiger partial charge in [-0.05, 0) is 19.4 Å². The Hall–Kier alpha value is -0.160. The van der Waals surface area contributed by atoms with Crippen molar-refractivity contribution in [3.8, 4) is 0 Å². The molecule has 0 rings (SSSR count). The van der Waals surface area contributed by atoms with Crippen LogP contribution in [0.2, 0.25) is 0 Å². The first-order valence-corrected chi connectivity index (χ1v) is 6.34. The predicted octanol–water partition coefficient (Wildman–Crippen LogP) is 1.10. The minimum absolute atomic E-state index is 0.730. The van der Waals surface area contributed by atoms with Crippen molar-refractivity contribution in [1.29, 1.82) is 0 Å². The lowest BCUT2D eigenvalue weighted by atomic mass is 10.3. The number of hydrogen-bond acceptors (Lipinski definition) is 4. The van der Waals surface area contributed by atoms with Crippen molar-refractivity contribution in [1.82, 2.24) is 4.90 Å². The van der Waals surface area contributed by atoms with Crippen LogP contribution in [0.3, 0.4) is 0 Å².